The van der Waals surface area contributed by atoms with E-state index in [1.54, 1.807) is 14.2 Å². The van der Waals surface area contributed by atoms with Crippen molar-refractivity contribution >= 4 is 11.4 Å². The lowest BCUT2D eigenvalue weighted by Gasteiger charge is -2.26. The van der Waals surface area contributed by atoms with Crippen LogP contribution in [-0.4, -0.2) is 40.5 Å². The van der Waals surface area contributed by atoms with E-state index in [1.165, 1.54) is 5.69 Å². The van der Waals surface area contributed by atoms with E-state index in [-0.39, 0.29) is 0 Å². The summed E-state index contributed by atoms with van der Waals surface area (Å²) < 4.78 is 10.3. The molecule has 0 aliphatic carbocycles. The van der Waals surface area contributed by atoms with E-state index in [9.17, 15) is 0 Å². The van der Waals surface area contributed by atoms with Gasteiger partial charge in [-0.15, -0.1) is 0 Å². The van der Waals surface area contributed by atoms with Crippen LogP contribution in [0.4, 0.5) is 11.4 Å². The SMILES string of the molecule is COCCCN(CCOC)c1cccc(N)c1C. The molecule has 0 aliphatic heterocycles. The van der Waals surface area contributed by atoms with Crippen LogP contribution < -0.4 is 10.6 Å². The number of benzene rings is 1. The fourth-order valence-corrected chi connectivity index (χ4v) is 1.94. The van der Waals surface area contributed by atoms with Crippen molar-refractivity contribution in [1.82, 2.24) is 0 Å². The Balaban J connectivity index is 2.76. The number of methoxy groups -OCH3 is 2. The van der Waals surface area contributed by atoms with Crippen LogP contribution in [-0.2, 0) is 9.47 Å². The molecule has 0 heterocycles. The molecule has 2 N–H and O–H groups in total. The van der Waals surface area contributed by atoms with E-state index >= 15 is 0 Å². The van der Waals surface area contributed by atoms with Crippen molar-refractivity contribution in [2.75, 3.05) is 51.2 Å². The molecular weight excluding hydrogens is 228 g/mol. The average molecular weight is 252 g/mol. The molecule has 0 aromatic heterocycles. The summed E-state index contributed by atoms with van der Waals surface area (Å²) in [5.74, 6) is 0. The highest BCUT2D eigenvalue weighted by atomic mass is 16.5. The molecule has 0 fully saturated rings. The summed E-state index contributed by atoms with van der Waals surface area (Å²) in [6.45, 7) is 5.35. The van der Waals surface area contributed by atoms with Crippen LogP contribution >= 0.6 is 0 Å². The van der Waals surface area contributed by atoms with Gasteiger partial charge < -0.3 is 20.1 Å². The summed E-state index contributed by atoms with van der Waals surface area (Å²) in [5.41, 5.74) is 9.11. The molecule has 4 nitrogen and oxygen atoms in total. The Bertz CT molecular complexity index is 356. The first-order valence-electron chi connectivity index (χ1n) is 6.28. The monoisotopic (exact) mass is 252 g/mol. The zero-order valence-corrected chi connectivity index (χ0v) is 11.6. The highest BCUT2D eigenvalue weighted by Crippen LogP contribution is 2.24. The Morgan fingerprint density at radius 3 is 2.50 bits per heavy atom. The molecule has 0 saturated carbocycles. The van der Waals surface area contributed by atoms with E-state index in [0.717, 1.165) is 37.4 Å². The molecule has 0 atom stereocenters. The molecular formula is C14H24N2O2. The van der Waals surface area contributed by atoms with Crippen LogP contribution in [0.3, 0.4) is 0 Å². The number of nitrogen functional groups attached to an aromatic ring is 1. The first-order chi connectivity index (χ1) is 8.70. The molecule has 0 unspecified atom stereocenters. The highest BCUT2D eigenvalue weighted by molar-refractivity contribution is 5.64. The van der Waals surface area contributed by atoms with Crippen molar-refractivity contribution in [1.29, 1.82) is 0 Å². The minimum Gasteiger partial charge on any atom is -0.398 e. The lowest BCUT2D eigenvalue weighted by molar-refractivity contribution is 0.191. The Morgan fingerprint density at radius 1 is 1.11 bits per heavy atom. The van der Waals surface area contributed by atoms with Gasteiger partial charge in [-0.05, 0) is 31.0 Å². The van der Waals surface area contributed by atoms with E-state index < -0.39 is 0 Å². The van der Waals surface area contributed by atoms with Gasteiger partial charge in [0.1, 0.15) is 0 Å². The van der Waals surface area contributed by atoms with E-state index in [2.05, 4.69) is 17.9 Å². The molecule has 0 bridgehead atoms. The van der Waals surface area contributed by atoms with Gasteiger partial charge in [-0.2, -0.15) is 0 Å². The quantitative estimate of drug-likeness (QED) is 0.568. The lowest BCUT2D eigenvalue weighted by atomic mass is 10.1. The molecule has 18 heavy (non-hydrogen) atoms. The van der Waals surface area contributed by atoms with Gasteiger partial charge in [-0.3, -0.25) is 0 Å². The lowest BCUT2D eigenvalue weighted by Crippen LogP contribution is -2.29. The van der Waals surface area contributed by atoms with E-state index in [0.29, 0.717) is 6.61 Å². The summed E-state index contributed by atoms with van der Waals surface area (Å²) in [7, 11) is 3.45. The third kappa shape index (κ3) is 4.20. The van der Waals surface area contributed by atoms with Crippen LogP contribution in [0.25, 0.3) is 0 Å². The Kier molecular flexibility index (Phi) is 6.54. The second-order valence-electron chi connectivity index (χ2n) is 4.32. The summed E-state index contributed by atoms with van der Waals surface area (Å²) in [4.78, 5) is 2.30. The maximum atomic E-state index is 5.96. The molecule has 0 spiro atoms. The normalized spacial score (nSPS) is 10.6. The smallest absolute Gasteiger partial charge is 0.0637 e. The molecule has 0 aliphatic rings. The molecule has 0 saturated heterocycles. The predicted molar refractivity (Wildman–Crippen MR) is 76.2 cm³/mol. The predicted octanol–water partition coefficient (Wildman–Crippen LogP) is 2.07. The molecule has 0 radical (unpaired) electrons. The van der Waals surface area contributed by atoms with Gasteiger partial charge in [0.05, 0.1) is 6.61 Å². The van der Waals surface area contributed by atoms with Crippen molar-refractivity contribution in [3.05, 3.63) is 23.8 Å². The highest BCUT2D eigenvalue weighted by Gasteiger charge is 2.10. The Hall–Kier alpha value is -1.26. The number of hydrogen-bond acceptors (Lipinski definition) is 4. The number of hydrogen-bond donors (Lipinski definition) is 1. The van der Waals surface area contributed by atoms with Crippen molar-refractivity contribution in [3.63, 3.8) is 0 Å². The minimum atomic E-state index is 0.710. The van der Waals surface area contributed by atoms with Crippen molar-refractivity contribution < 1.29 is 9.47 Å². The summed E-state index contributed by atoms with van der Waals surface area (Å²) in [6, 6.07) is 6.03. The largest absolute Gasteiger partial charge is 0.398 e. The van der Waals surface area contributed by atoms with Crippen LogP contribution in [0.1, 0.15) is 12.0 Å². The fourth-order valence-electron chi connectivity index (χ4n) is 1.94. The summed E-state index contributed by atoms with van der Waals surface area (Å²) in [6.07, 6.45) is 0.994. The maximum Gasteiger partial charge on any atom is 0.0637 e. The van der Waals surface area contributed by atoms with Crippen molar-refractivity contribution in [2.45, 2.75) is 13.3 Å². The maximum absolute atomic E-state index is 5.96. The molecule has 0 amide bonds. The third-order valence-electron chi connectivity index (χ3n) is 3.03. The Morgan fingerprint density at radius 2 is 1.83 bits per heavy atom. The minimum absolute atomic E-state index is 0.710. The van der Waals surface area contributed by atoms with Crippen LogP contribution in [0.5, 0.6) is 0 Å². The average Bonchev–Trinajstić information content (AvgIpc) is 2.37. The van der Waals surface area contributed by atoms with E-state index in [1.807, 2.05) is 12.1 Å². The summed E-state index contributed by atoms with van der Waals surface area (Å²) in [5, 5.41) is 0. The fraction of sp³-hybridized carbons (Fsp3) is 0.571. The van der Waals surface area contributed by atoms with Crippen LogP contribution in [0.15, 0.2) is 18.2 Å². The van der Waals surface area contributed by atoms with Gasteiger partial charge in [0.2, 0.25) is 0 Å². The molecule has 4 heteroatoms. The second kappa shape index (κ2) is 7.95. The molecule has 1 aromatic carbocycles. The topological polar surface area (TPSA) is 47.7 Å². The van der Waals surface area contributed by atoms with Crippen molar-refractivity contribution in [2.24, 2.45) is 0 Å². The van der Waals surface area contributed by atoms with Gasteiger partial charge in [0, 0.05) is 45.3 Å². The second-order valence-corrected chi connectivity index (χ2v) is 4.32. The number of ether oxygens (including phenoxy) is 2. The zero-order valence-electron chi connectivity index (χ0n) is 11.6. The van der Waals surface area contributed by atoms with Gasteiger partial charge in [-0.25, -0.2) is 0 Å². The first kappa shape index (κ1) is 14.8. The third-order valence-corrected chi connectivity index (χ3v) is 3.03. The molecule has 1 aromatic rings. The van der Waals surface area contributed by atoms with Gasteiger partial charge >= 0.3 is 0 Å². The number of nitrogens with two attached hydrogens (primary N) is 1. The van der Waals surface area contributed by atoms with Gasteiger partial charge in [0.25, 0.3) is 0 Å². The number of rotatable bonds is 8. The first-order valence-corrected chi connectivity index (χ1v) is 6.28. The van der Waals surface area contributed by atoms with Crippen molar-refractivity contribution in [3.8, 4) is 0 Å². The summed E-state index contributed by atoms with van der Waals surface area (Å²) >= 11 is 0. The zero-order chi connectivity index (χ0) is 13.4. The standard InChI is InChI=1S/C14H24N2O2/c1-12-13(15)6-4-7-14(12)16(9-11-18-3)8-5-10-17-2/h4,6-7H,5,8-11,15H2,1-3H3. The van der Waals surface area contributed by atoms with E-state index in [4.69, 9.17) is 15.2 Å². The number of anilines is 2. The van der Waals surface area contributed by atoms with Gasteiger partial charge in [0.15, 0.2) is 0 Å². The van der Waals surface area contributed by atoms with Gasteiger partial charge in [-0.1, -0.05) is 6.07 Å². The molecule has 1 rings (SSSR count). The molecule has 102 valence electrons. The number of nitrogens with zero attached hydrogens (tertiary/aromatic N) is 1. The van der Waals surface area contributed by atoms with Crippen LogP contribution in [0, 0.1) is 6.92 Å². The Labute approximate surface area is 110 Å². The van der Waals surface area contributed by atoms with Crippen LogP contribution in [0.2, 0.25) is 0 Å².